The summed E-state index contributed by atoms with van der Waals surface area (Å²) in [6.07, 6.45) is 2.20. The molecule has 0 aliphatic carbocycles. The Bertz CT molecular complexity index is 581. The predicted octanol–water partition coefficient (Wildman–Crippen LogP) is 2.69. The molecular formula is C19H27N3O. The predicted molar refractivity (Wildman–Crippen MR) is 92.7 cm³/mol. The van der Waals surface area contributed by atoms with Gasteiger partial charge in [0, 0.05) is 44.8 Å². The van der Waals surface area contributed by atoms with Crippen LogP contribution in [0.2, 0.25) is 0 Å². The smallest absolute Gasteiger partial charge is 0.137 e. The highest BCUT2D eigenvalue weighted by Gasteiger charge is 2.17. The molecule has 2 aromatic rings. The van der Waals surface area contributed by atoms with Crippen molar-refractivity contribution in [2.75, 3.05) is 39.3 Å². The minimum atomic E-state index is 0.976. The molecule has 4 nitrogen and oxygen atoms in total. The van der Waals surface area contributed by atoms with Crippen molar-refractivity contribution in [3.63, 3.8) is 0 Å². The molecule has 0 amide bonds. The van der Waals surface area contributed by atoms with Crippen LogP contribution in [-0.4, -0.2) is 54.2 Å². The van der Waals surface area contributed by atoms with Crippen LogP contribution in [0.5, 0.6) is 0 Å². The van der Waals surface area contributed by atoms with Crippen molar-refractivity contribution in [2.24, 2.45) is 0 Å². The number of piperazine rings is 1. The topological polar surface area (TPSA) is 32.5 Å². The fourth-order valence-electron chi connectivity index (χ4n) is 3.30. The van der Waals surface area contributed by atoms with Crippen LogP contribution >= 0.6 is 0 Å². The van der Waals surface area contributed by atoms with E-state index in [4.69, 9.17) is 4.52 Å². The van der Waals surface area contributed by atoms with Crippen LogP contribution in [0.15, 0.2) is 34.9 Å². The largest absolute Gasteiger partial charge is 0.361 e. The highest BCUT2D eigenvalue weighted by molar-refractivity contribution is 5.21. The lowest BCUT2D eigenvalue weighted by Crippen LogP contribution is -2.47. The van der Waals surface area contributed by atoms with Crippen molar-refractivity contribution in [2.45, 2.75) is 26.7 Å². The number of hydrogen-bond donors (Lipinski definition) is 0. The molecule has 0 spiro atoms. The van der Waals surface area contributed by atoms with Gasteiger partial charge in [0.05, 0.1) is 5.69 Å². The molecule has 0 atom stereocenters. The molecule has 1 aromatic heterocycles. The second kappa shape index (κ2) is 7.75. The van der Waals surface area contributed by atoms with Gasteiger partial charge in [0.15, 0.2) is 0 Å². The Morgan fingerprint density at radius 1 is 0.913 bits per heavy atom. The van der Waals surface area contributed by atoms with E-state index in [0.29, 0.717) is 0 Å². The van der Waals surface area contributed by atoms with E-state index in [9.17, 15) is 0 Å². The second-order valence-electron chi connectivity index (χ2n) is 6.47. The second-order valence-corrected chi connectivity index (χ2v) is 6.47. The third-order valence-corrected chi connectivity index (χ3v) is 4.88. The summed E-state index contributed by atoms with van der Waals surface area (Å²) in [5.74, 6) is 0.976. The van der Waals surface area contributed by atoms with Gasteiger partial charge >= 0.3 is 0 Å². The fourth-order valence-corrected chi connectivity index (χ4v) is 3.30. The van der Waals surface area contributed by atoms with Crippen molar-refractivity contribution in [1.82, 2.24) is 15.0 Å². The molecule has 1 saturated heterocycles. The van der Waals surface area contributed by atoms with Crippen molar-refractivity contribution >= 4 is 0 Å². The van der Waals surface area contributed by atoms with Gasteiger partial charge in [-0.15, -0.1) is 0 Å². The molecule has 2 heterocycles. The molecule has 3 rings (SSSR count). The number of aryl methyl sites for hydroxylation is 2. The summed E-state index contributed by atoms with van der Waals surface area (Å²) < 4.78 is 5.25. The lowest BCUT2D eigenvalue weighted by molar-refractivity contribution is 0.134. The molecule has 0 radical (unpaired) electrons. The molecule has 1 aliphatic heterocycles. The fraction of sp³-hybridized carbons (Fsp3) is 0.526. The van der Waals surface area contributed by atoms with E-state index in [1.807, 2.05) is 13.8 Å². The van der Waals surface area contributed by atoms with Crippen LogP contribution < -0.4 is 0 Å². The molecule has 0 bridgehead atoms. The van der Waals surface area contributed by atoms with Crippen molar-refractivity contribution in [1.29, 1.82) is 0 Å². The first kappa shape index (κ1) is 16.2. The number of aromatic nitrogens is 1. The highest BCUT2D eigenvalue weighted by atomic mass is 16.5. The molecule has 1 aliphatic rings. The molecule has 23 heavy (non-hydrogen) atoms. The molecule has 1 aromatic carbocycles. The summed E-state index contributed by atoms with van der Waals surface area (Å²) >= 11 is 0. The SMILES string of the molecule is Cc1noc(C)c1CCN1CCN(CCc2ccccc2)CC1. The standard InChI is InChI=1S/C19H27N3O/c1-16-19(17(2)23-20-16)9-11-22-14-12-21(13-15-22)10-8-18-6-4-3-5-7-18/h3-7H,8-15H2,1-2H3. The summed E-state index contributed by atoms with van der Waals surface area (Å²) in [6, 6.07) is 10.8. The Hall–Kier alpha value is -1.65. The maximum absolute atomic E-state index is 5.25. The first-order valence-corrected chi connectivity index (χ1v) is 8.63. The van der Waals surface area contributed by atoms with Crippen LogP contribution in [0.1, 0.15) is 22.6 Å². The Balaban J connectivity index is 1.38. The van der Waals surface area contributed by atoms with E-state index in [0.717, 1.165) is 43.9 Å². The van der Waals surface area contributed by atoms with E-state index in [1.165, 1.54) is 30.8 Å². The third kappa shape index (κ3) is 4.43. The van der Waals surface area contributed by atoms with Crippen LogP contribution in [0.25, 0.3) is 0 Å². The Morgan fingerprint density at radius 2 is 1.52 bits per heavy atom. The highest BCUT2D eigenvalue weighted by Crippen LogP contribution is 2.14. The van der Waals surface area contributed by atoms with Gasteiger partial charge in [-0.3, -0.25) is 0 Å². The van der Waals surface area contributed by atoms with Gasteiger partial charge < -0.3 is 14.3 Å². The minimum absolute atomic E-state index is 0.976. The Morgan fingerprint density at radius 3 is 2.09 bits per heavy atom. The van der Waals surface area contributed by atoms with Gasteiger partial charge in [-0.05, 0) is 32.3 Å². The van der Waals surface area contributed by atoms with Gasteiger partial charge in [-0.1, -0.05) is 35.5 Å². The van der Waals surface area contributed by atoms with Gasteiger partial charge in [0.1, 0.15) is 5.76 Å². The lowest BCUT2D eigenvalue weighted by Gasteiger charge is -2.34. The summed E-state index contributed by atoms with van der Waals surface area (Å²) in [7, 11) is 0. The summed E-state index contributed by atoms with van der Waals surface area (Å²) in [4.78, 5) is 5.14. The first-order chi connectivity index (χ1) is 11.2. The lowest BCUT2D eigenvalue weighted by atomic mass is 10.1. The number of nitrogens with zero attached hydrogens (tertiary/aromatic N) is 3. The average molecular weight is 313 g/mol. The van der Waals surface area contributed by atoms with Gasteiger partial charge in [-0.25, -0.2) is 0 Å². The maximum Gasteiger partial charge on any atom is 0.137 e. The Labute approximate surface area is 139 Å². The number of rotatable bonds is 6. The zero-order valence-corrected chi connectivity index (χ0v) is 14.3. The third-order valence-electron chi connectivity index (χ3n) is 4.88. The molecule has 1 fully saturated rings. The van der Waals surface area contributed by atoms with Crippen LogP contribution in [0.4, 0.5) is 0 Å². The Kier molecular flexibility index (Phi) is 5.47. The summed E-state index contributed by atoms with van der Waals surface area (Å²) in [6.45, 7) is 11.0. The van der Waals surface area contributed by atoms with E-state index in [2.05, 4.69) is 45.3 Å². The average Bonchev–Trinajstić information content (AvgIpc) is 2.91. The van der Waals surface area contributed by atoms with Gasteiger partial charge in [-0.2, -0.15) is 0 Å². The maximum atomic E-state index is 5.25. The van der Waals surface area contributed by atoms with E-state index >= 15 is 0 Å². The zero-order chi connectivity index (χ0) is 16.1. The zero-order valence-electron chi connectivity index (χ0n) is 14.3. The first-order valence-electron chi connectivity index (χ1n) is 8.63. The van der Waals surface area contributed by atoms with E-state index in [-0.39, 0.29) is 0 Å². The number of benzene rings is 1. The van der Waals surface area contributed by atoms with Crippen molar-refractivity contribution in [3.8, 4) is 0 Å². The van der Waals surface area contributed by atoms with Gasteiger partial charge in [0.2, 0.25) is 0 Å². The molecule has 4 heteroatoms. The van der Waals surface area contributed by atoms with Crippen LogP contribution in [-0.2, 0) is 12.8 Å². The van der Waals surface area contributed by atoms with E-state index < -0.39 is 0 Å². The molecule has 0 unspecified atom stereocenters. The van der Waals surface area contributed by atoms with Crippen LogP contribution in [0, 0.1) is 13.8 Å². The van der Waals surface area contributed by atoms with Crippen LogP contribution in [0.3, 0.4) is 0 Å². The summed E-state index contributed by atoms with van der Waals surface area (Å²) in [5.41, 5.74) is 3.77. The van der Waals surface area contributed by atoms with Crippen molar-refractivity contribution in [3.05, 3.63) is 52.9 Å². The van der Waals surface area contributed by atoms with Gasteiger partial charge in [0.25, 0.3) is 0 Å². The number of hydrogen-bond acceptors (Lipinski definition) is 4. The molecular weight excluding hydrogens is 286 g/mol. The molecule has 0 saturated carbocycles. The quantitative estimate of drug-likeness (QED) is 0.821. The van der Waals surface area contributed by atoms with E-state index in [1.54, 1.807) is 0 Å². The van der Waals surface area contributed by atoms with Crippen molar-refractivity contribution < 1.29 is 4.52 Å². The minimum Gasteiger partial charge on any atom is -0.361 e. The molecule has 0 N–H and O–H groups in total. The monoisotopic (exact) mass is 313 g/mol. The molecule has 124 valence electrons. The normalized spacial score (nSPS) is 16.8. The summed E-state index contributed by atoms with van der Waals surface area (Å²) in [5, 5.41) is 4.04.